The first kappa shape index (κ1) is 19.6. The Labute approximate surface area is 175 Å². The number of fused-ring (bicyclic) bond motifs is 5. The Balaban J connectivity index is 1.54. The Morgan fingerprint density at radius 3 is 2.48 bits per heavy atom. The first-order chi connectivity index (χ1) is 13.9. The van der Waals surface area contributed by atoms with E-state index in [1.165, 1.54) is 30.5 Å². The molecule has 0 aromatic heterocycles. The van der Waals surface area contributed by atoms with Crippen molar-refractivity contribution >= 4 is 11.5 Å². The number of aliphatic hydroxyl groups excluding tert-OH is 1. The van der Waals surface area contributed by atoms with E-state index < -0.39 is 0 Å². The molecule has 0 bridgehead atoms. The zero-order chi connectivity index (χ0) is 20.3. The average Bonchev–Trinajstić information content (AvgIpc) is 3.01. The highest BCUT2D eigenvalue weighted by Gasteiger charge is 2.60. The van der Waals surface area contributed by atoms with Crippen molar-refractivity contribution in [1.29, 1.82) is 0 Å². The molecule has 0 aliphatic heterocycles. The molecule has 3 heteroatoms. The van der Waals surface area contributed by atoms with Gasteiger partial charge in [-0.15, -0.1) is 0 Å². The van der Waals surface area contributed by atoms with Gasteiger partial charge in [0.15, 0.2) is 0 Å². The first-order valence-electron chi connectivity index (χ1n) is 11.9. The molecular formula is C26H37NO2. The highest BCUT2D eigenvalue weighted by atomic mass is 16.3. The lowest BCUT2D eigenvalue weighted by Crippen LogP contribution is -2.52. The van der Waals surface area contributed by atoms with Crippen LogP contribution in [0.4, 0.5) is 5.69 Å². The van der Waals surface area contributed by atoms with Gasteiger partial charge in [0.1, 0.15) is 5.78 Å². The van der Waals surface area contributed by atoms with Gasteiger partial charge < -0.3 is 10.0 Å². The molecule has 5 rings (SSSR count). The largest absolute Gasteiger partial charge is 0.393 e. The maximum Gasteiger partial charge on any atom is 0.133 e. The van der Waals surface area contributed by atoms with Crippen molar-refractivity contribution in [2.24, 2.45) is 35.0 Å². The summed E-state index contributed by atoms with van der Waals surface area (Å²) in [4.78, 5) is 14.3. The average molecular weight is 396 g/mol. The second kappa shape index (κ2) is 7.11. The van der Waals surface area contributed by atoms with Crippen LogP contribution in [0.5, 0.6) is 0 Å². The molecule has 4 fully saturated rings. The molecule has 0 heterocycles. The summed E-state index contributed by atoms with van der Waals surface area (Å²) in [6.07, 6.45) is 8.34. The SMILES string of the molecule is CN(C)c1ccc([C@H]2C[C@@]3(C)C(CC[C@@H]3O)C3CC[C@H]4CC(=O)CC[C@@H]4C32)cc1. The van der Waals surface area contributed by atoms with E-state index in [9.17, 15) is 9.90 Å². The third kappa shape index (κ3) is 3.07. The van der Waals surface area contributed by atoms with E-state index in [4.69, 9.17) is 0 Å². The van der Waals surface area contributed by atoms with Crippen LogP contribution in [0.15, 0.2) is 24.3 Å². The van der Waals surface area contributed by atoms with Crippen molar-refractivity contribution in [3.05, 3.63) is 29.8 Å². The third-order valence-corrected chi connectivity index (χ3v) is 9.55. The standard InChI is InChI=1S/C26H37NO2/c1-26-15-22(16-4-7-18(8-5-16)27(2)3)25-20-11-9-19(28)14-17(20)6-10-21(25)23(26)12-13-24(26)29/h4-5,7-8,17,20-25,29H,6,9-15H2,1-3H3/t17-,20-,21?,22+,23?,24-,25?,26-/m0/s1. The van der Waals surface area contributed by atoms with Crippen molar-refractivity contribution < 1.29 is 9.90 Å². The Hall–Kier alpha value is -1.35. The molecule has 4 aliphatic carbocycles. The number of hydrogen-bond acceptors (Lipinski definition) is 3. The minimum Gasteiger partial charge on any atom is -0.393 e. The molecule has 158 valence electrons. The summed E-state index contributed by atoms with van der Waals surface area (Å²) in [6, 6.07) is 9.21. The van der Waals surface area contributed by atoms with E-state index in [1.54, 1.807) is 0 Å². The molecule has 1 N–H and O–H groups in total. The van der Waals surface area contributed by atoms with E-state index in [-0.39, 0.29) is 11.5 Å². The van der Waals surface area contributed by atoms with Crippen LogP contribution in [-0.2, 0) is 4.79 Å². The molecule has 0 amide bonds. The van der Waals surface area contributed by atoms with Gasteiger partial charge in [-0.2, -0.15) is 0 Å². The van der Waals surface area contributed by atoms with Crippen LogP contribution in [-0.4, -0.2) is 31.1 Å². The van der Waals surface area contributed by atoms with Gasteiger partial charge in [0, 0.05) is 32.6 Å². The highest BCUT2D eigenvalue weighted by molar-refractivity contribution is 5.79. The second-order valence-electron chi connectivity index (χ2n) is 11.0. The van der Waals surface area contributed by atoms with E-state index in [1.807, 2.05) is 0 Å². The Morgan fingerprint density at radius 1 is 1.00 bits per heavy atom. The van der Waals surface area contributed by atoms with Crippen molar-refractivity contribution in [3.63, 3.8) is 0 Å². The Bertz CT molecular complexity index is 771. The smallest absolute Gasteiger partial charge is 0.133 e. The zero-order valence-corrected chi connectivity index (χ0v) is 18.3. The molecule has 0 radical (unpaired) electrons. The minimum atomic E-state index is -0.150. The van der Waals surface area contributed by atoms with Crippen molar-refractivity contribution in [1.82, 2.24) is 0 Å². The predicted molar refractivity (Wildman–Crippen MR) is 117 cm³/mol. The van der Waals surface area contributed by atoms with Crippen LogP contribution in [0, 0.1) is 35.0 Å². The fourth-order valence-electron chi connectivity index (χ4n) is 8.12. The molecule has 29 heavy (non-hydrogen) atoms. The maximum atomic E-state index is 12.2. The molecule has 1 aromatic rings. The quantitative estimate of drug-likeness (QED) is 0.764. The van der Waals surface area contributed by atoms with Gasteiger partial charge in [0.25, 0.3) is 0 Å². The molecule has 4 saturated carbocycles. The third-order valence-electron chi connectivity index (χ3n) is 9.55. The molecule has 1 aromatic carbocycles. The molecule has 4 aliphatic rings. The number of rotatable bonds is 2. The lowest BCUT2D eigenvalue weighted by Gasteiger charge is -2.58. The van der Waals surface area contributed by atoms with Crippen LogP contribution < -0.4 is 4.90 Å². The fraction of sp³-hybridized carbons (Fsp3) is 0.731. The summed E-state index contributed by atoms with van der Waals surface area (Å²) in [5.74, 6) is 4.40. The van der Waals surface area contributed by atoms with Gasteiger partial charge >= 0.3 is 0 Å². The van der Waals surface area contributed by atoms with Gasteiger partial charge in [-0.05, 0) is 97.1 Å². The maximum absolute atomic E-state index is 12.2. The van der Waals surface area contributed by atoms with Crippen LogP contribution >= 0.6 is 0 Å². The lowest BCUT2D eigenvalue weighted by atomic mass is 9.46. The monoisotopic (exact) mass is 395 g/mol. The molecule has 3 unspecified atom stereocenters. The van der Waals surface area contributed by atoms with Crippen LogP contribution in [0.1, 0.15) is 69.8 Å². The predicted octanol–water partition coefficient (Wildman–Crippen LogP) is 5.03. The minimum absolute atomic E-state index is 0.0589. The molecule has 0 spiro atoms. The van der Waals surface area contributed by atoms with Crippen LogP contribution in [0.3, 0.4) is 0 Å². The van der Waals surface area contributed by atoms with Crippen molar-refractivity contribution in [2.75, 3.05) is 19.0 Å². The number of hydrogen-bond donors (Lipinski definition) is 1. The van der Waals surface area contributed by atoms with Gasteiger partial charge in [-0.25, -0.2) is 0 Å². The number of aliphatic hydroxyl groups is 1. The molecule has 8 atom stereocenters. The van der Waals surface area contributed by atoms with E-state index >= 15 is 0 Å². The number of carbonyl (C=O) groups is 1. The summed E-state index contributed by atoms with van der Waals surface area (Å²) in [7, 11) is 4.19. The lowest BCUT2D eigenvalue weighted by molar-refractivity contribution is -0.130. The summed E-state index contributed by atoms with van der Waals surface area (Å²) >= 11 is 0. The first-order valence-corrected chi connectivity index (χ1v) is 11.9. The number of carbonyl (C=O) groups excluding carboxylic acids is 1. The van der Waals surface area contributed by atoms with Crippen LogP contribution in [0.2, 0.25) is 0 Å². The zero-order valence-electron chi connectivity index (χ0n) is 18.3. The number of benzene rings is 1. The fourth-order valence-corrected chi connectivity index (χ4v) is 8.12. The second-order valence-corrected chi connectivity index (χ2v) is 11.0. The van der Waals surface area contributed by atoms with E-state index in [0.29, 0.717) is 35.4 Å². The molecule has 0 saturated heterocycles. The van der Waals surface area contributed by atoms with Crippen molar-refractivity contribution in [2.45, 2.75) is 70.3 Å². The van der Waals surface area contributed by atoms with Crippen LogP contribution in [0.25, 0.3) is 0 Å². The van der Waals surface area contributed by atoms with E-state index in [2.05, 4.69) is 50.2 Å². The van der Waals surface area contributed by atoms with Gasteiger partial charge in [-0.3, -0.25) is 4.79 Å². The van der Waals surface area contributed by atoms with Gasteiger partial charge in [0.2, 0.25) is 0 Å². The van der Waals surface area contributed by atoms with Crippen molar-refractivity contribution in [3.8, 4) is 0 Å². The Kier molecular flexibility index (Phi) is 4.81. The summed E-state index contributed by atoms with van der Waals surface area (Å²) in [5.41, 5.74) is 2.77. The number of anilines is 1. The summed E-state index contributed by atoms with van der Waals surface area (Å²) in [6.45, 7) is 2.38. The number of nitrogens with zero attached hydrogens (tertiary/aromatic N) is 1. The number of Topliss-reactive ketones (excluding diaryl/α,β-unsaturated/α-hetero) is 1. The van der Waals surface area contributed by atoms with Gasteiger partial charge in [0.05, 0.1) is 6.10 Å². The highest BCUT2D eigenvalue weighted by Crippen LogP contribution is 2.66. The summed E-state index contributed by atoms with van der Waals surface area (Å²) < 4.78 is 0. The Morgan fingerprint density at radius 2 is 1.76 bits per heavy atom. The van der Waals surface area contributed by atoms with E-state index in [0.717, 1.165) is 38.0 Å². The molecule has 3 nitrogen and oxygen atoms in total. The van der Waals surface area contributed by atoms with Gasteiger partial charge in [-0.1, -0.05) is 19.1 Å². The molecular weight excluding hydrogens is 358 g/mol. The normalized spacial score (nSPS) is 44.0. The topological polar surface area (TPSA) is 40.5 Å². The number of ketones is 1. The summed E-state index contributed by atoms with van der Waals surface area (Å²) in [5, 5.41) is 11.0.